The lowest BCUT2D eigenvalue weighted by Crippen LogP contribution is -2.01. The van der Waals surface area contributed by atoms with Gasteiger partial charge < -0.3 is 10.5 Å². The number of hydrogen-bond acceptors (Lipinski definition) is 3. The van der Waals surface area contributed by atoms with Crippen LogP contribution in [0.3, 0.4) is 0 Å². The lowest BCUT2D eigenvalue weighted by molar-refractivity contribution is -0.136. The molecule has 0 heterocycles. The molecule has 63 valence electrons. The molecule has 2 N–H and O–H groups in total. The molecule has 0 unspecified atom stereocenters. The number of nitrogens with two attached hydrogens (primary N) is 1. The molecule has 3 nitrogen and oxygen atoms in total. The number of nitrogen functional groups attached to an aromatic ring is 1. The summed E-state index contributed by atoms with van der Waals surface area (Å²) in [5, 5.41) is 0. The maximum atomic E-state index is 10.8. The van der Waals surface area contributed by atoms with Crippen molar-refractivity contribution in [1.82, 2.24) is 0 Å². The van der Waals surface area contributed by atoms with E-state index >= 15 is 0 Å². The largest absolute Gasteiger partial charge is 0.469 e. The van der Waals surface area contributed by atoms with E-state index in [0.29, 0.717) is 5.69 Å². The maximum Gasteiger partial charge on any atom is 0.314 e. The molecule has 0 aliphatic heterocycles. The van der Waals surface area contributed by atoms with E-state index in [1.54, 1.807) is 24.3 Å². The summed E-state index contributed by atoms with van der Waals surface area (Å²) in [6.45, 7) is 0. The van der Waals surface area contributed by atoms with Gasteiger partial charge in [0.15, 0.2) is 0 Å². The molecule has 0 saturated heterocycles. The van der Waals surface area contributed by atoms with Gasteiger partial charge in [-0.2, -0.15) is 0 Å². The molecule has 0 saturated carbocycles. The Morgan fingerprint density at radius 3 is 2.50 bits per heavy atom. The van der Waals surface area contributed by atoms with Crippen molar-refractivity contribution in [2.75, 3.05) is 12.8 Å². The summed E-state index contributed by atoms with van der Waals surface area (Å²) in [7, 11) is 1.34. The van der Waals surface area contributed by atoms with Crippen LogP contribution in [0.1, 0.15) is 5.56 Å². The Labute approximate surface area is 71.1 Å². The van der Waals surface area contributed by atoms with Gasteiger partial charge in [0, 0.05) is 5.69 Å². The second-order valence-electron chi connectivity index (χ2n) is 2.33. The van der Waals surface area contributed by atoms with Crippen LogP contribution in [-0.2, 0) is 9.53 Å². The Balaban J connectivity index is 2.64. The number of anilines is 1. The summed E-state index contributed by atoms with van der Waals surface area (Å²) in [6, 6.07) is 6.97. The molecule has 0 aliphatic carbocycles. The number of carbonyl (C=O) groups is 1. The van der Waals surface area contributed by atoms with Crippen molar-refractivity contribution in [2.24, 2.45) is 0 Å². The van der Waals surface area contributed by atoms with Crippen LogP contribution in [0, 0.1) is 6.42 Å². The average Bonchev–Trinajstić information content (AvgIpc) is 2.09. The van der Waals surface area contributed by atoms with Gasteiger partial charge in [-0.05, 0) is 17.7 Å². The van der Waals surface area contributed by atoms with Crippen molar-refractivity contribution in [3.8, 4) is 0 Å². The zero-order chi connectivity index (χ0) is 8.97. The fourth-order valence-corrected chi connectivity index (χ4v) is 0.787. The van der Waals surface area contributed by atoms with Gasteiger partial charge in [-0.1, -0.05) is 12.1 Å². The molecule has 3 heteroatoms. The second kappa shape index (κ2) is 3.76. The zero-order valence-corrected chi connectivity index (χ0v) is 6.78. The second-order valence-corrected chi connectivity index (χ2v) is 2.33. The van der Waals surface area contributed by atoms with Gasteiger partial charge in [-0.25, -0.2) is 0 Å². The highest BCUT2D eigenvalue weighted by Gasteiger charge is 2.01. The first kappa shape index (κ1) is 8.59. The molecule has 1 aromatic rings. The maximum absolute atomic E-state index is 10.8. The number of benzene rings is 1. The Morgan fingerprint density at radius 2 is 2.00 bits per heavy atom. The highest BCUT2D eigenvalue weighted by atomic mass is 16.5. The van der Waals surface area contributed by atoms with Crippen LogP contribution in [0.5, 0.6) is 0 Å². The van der Waals surface area contributed by atoms with Crippen LogP contribution in [-0.4, -0.2) is 13.1 Å². The van der Waals surface area contributed by atoms with Crippen LogP contribution in [0.4, 0.5) is 5.69 Å². The van der Waals surface area contributed by atoms with E-state index in [2.05, 4.69) is 4.74 Å². The van der Waals surface area contributed by atoms with Gasteiger partial charge >= 0.3 is 5.97 Å². The van der Waals surface area contributed by atoms with Crippen LogP contribution >= 0.6 is 0 Å². The molecule has 0 aromatic heterocycles. The molecule has 12 heavy (non-hydrogen) atoms. The van der Waals surface area contributed by atoms with E-state index in [-0.39, 0.29) is 5.97 Å². The number of rotatable bonds is 2. The molecule has 0 aliphatic rings. The van der Waals surface area contributed by atoms with Crippen molar-refractivity contribution < 1.29 is 9.53 Å². The number of ether oxygens (including phenoxy) is 1. The minimum absolute atomic E-state index is 0.361. The molecule has 1 aromatic carbocycles. The van der Waals surface area contributed by atoms with Crippen molar-refractivity contribution in [3.63, 3.8) is 0 Å². The van der Waals surface area contributed by atoms with Crippen LogP contribution in [0.2, 0.25) is 0 Å². The monoisotopic (exact) mass is 164 g/mol. The third kappa shape index (κ3) is 2.27. The fraction of sp³-hybridized carbons (Fsp3) is 0.111. The van der Waals surface area contributed by atoms with Crippen LogP contribution in [0.15, 0.2) is 24.3 Å². The number of hydrogen-bond donors (Lipinski definition) is 1. The van der Waals surface area contributed by atoms with Crippen molar-refractivity contribution in [3.05, 3.63) is 36.2 Å². The van der Waals surface area contributed by atoms with Crippen LogP contribution < -0.4 is 5.73 Å². The predicted molar refractivity (Wildman–Crippen MR) is 46.3 cm³/mol. The first-order valence-electron chi connectivity index (χ1n) is 3.50. The normalized spacial score (nSPS) is 9.42. The minimum Gasteiger partial charge on any atom is -0.469 e. The lowest BCUT2D eigenvalue weighted by atomic mass is 10.1. The Kier molecular flexibility index (Phi) is 2.69. The SMILES string of the molecule is COC(=O)[CH]c1ccc(N)cc1. The lowest BCUT2D eigenvalue weighted by Gasteiger charge is -1.98. The molecule has 0 bridgehead atoms. The average molecular weight is 164 g/mol. The smallest absolute Gasteiger partial charge is 0.314 e. The summed E-state index contributed by atoms with van der Waals surface area (Å²) >= 11 is 0. The molecule has 0 spiro atoms. The molecular weight excluding hydrogens is 154 g/mol. The first-order valence-corrected chi connectivity index (χ1v) is 3.50. The molecule has 0 fully saturated rings. The third-order valence-corrected chi connectivity index (χ3v) is 1.42. The van der Waals surface area contributed by atoms with E-state index in [1.165, 1.54) is 13.5 Å². The van der Waals surface area contributed by atoms with E-state index < -0.39 is 0 Å². The standard InChI is InChI=1S/C9H10NO2/c1-12-9(11)6-7-2-4-8(10)5-3-7/h2-6H,10H2,1H3. The summed E-state index contributed by atoms with van der Waals surface area (Å²) in [5.41, 5.74) is 6.93. The van der Waals surface area contributed by atoms with Crippen molar-refractivity contribution in [1.29, 1.82) is 0 Å². The Morgan fingerprint density at radius 1 is 1.42 bits per heavy atom. The molecule has 1 radical (unpaired) electrons. The van der Waals surface area contributed by atoms with Crippen molar-refractivity contribution in [2.45, 2.75) is 0 Å². The molecule has 0 amide bonds. The zero-order valence-electron chi connectivity index (χ0n) is 6.78. The van der Waals surface area contributed by atoms with E-state index in [0.717, 1.165) is 5.56 Å². The minimum atomic E-state index is -0.361. The van der Waals surface area contributed by atoms with E-state index in [1.807, 2.05) is 0 Å². The summed E-state index contributed by atoms with van der Waals surface area (Å²) in [4.78, 5) is 10.8. The Bertz CT molecular complexity index is 266. The highest BCUT2D eigenvalue weighted by molar-refractivity contribution is 5.83. The van der Waals surface area contributed by atoms with Gasteiger partial charge in [0.25, 0.3) is 0 Å². The molecular formula is C9H10NO2. The van der Waals surface area contributed by atoms with Gasteiger partial charge in [0.05, 0.1) is 13.5 Å². The van der Waals surface area contributed by atoms with Gasteiger partial charge in [0.1, 0.15) is 0 Å². The summed E-state index contributed by atoms with van der Waals surface area (Å²) in [5.74, 6) is -0.361. The van der Waals surface area contributed by atoms with Crippen LogP contribution in [0.25, 0.3) is 0 Å². The number of esters is 1. The predicted octanol–water partition coefficient (Wildman–Crippen LogP) is 0.994. The summed E-state index contributed by atoms with van der Waals surface area (Å²) in [6.07, 6.45) is 1.40. The fourth-order valence-electron chi connectivity index (χ4n) is 0.787. The number of methoxy groups -OCH3 is 1. The van der Waals surface area contributed by atoms with E-state index in [4.69, 9.17) is 5.73 Å². The van der Waals surface area contributed by atoms with Gasteiger partial charge in [-0.3, -0.25) is 4.79 Å². The van der Waals surface area contributed by atoms with Gasteiger partial charge in [-0.15, -0.1) is 0 Å². The Hall–Kier alpha value is -1.51. The number of carbonyl (C=O) groups excluding carboxylic acids is 1. The molecule has 0 atom stereocenters. The topological polar surface area (TPSA) is 52.3 Å². The summed E-state index contributed by atoms with van der Waals surface area (Å²) < 4.78 is 4.46. The molecule has 1 rings (SSSR count). The van der Waals surface area contributed by atoms with Gasteiger partial charge in [0.2, 0.25) is 0 Å². The third-order valence-electron chi connectivity index (χ3n) is 1.42. The van der Waals surface area contributed by atoms with E-state index in [9.17, 15) is 4.79 Å². The quantitative estimate of drug-likeness (QED) is 0.524. The van der Waals surface area contributed by atoms with Crippen molar-refractivity contribution >= 4 is 11.7 Å². The highest BCUT2D eigenvalue weighted by Crippen LogP contribution is 2.07. The first-order chi connectivity index (χ1) is 5.72.